The fourth-order valence-corrected chi connectivity index (χ4v) is 3.12. The van der Waals surface area contributed by atoms with Crippen molar-refractivity contribution in [1.29, 1.82) is 0 Å². The lowest BCUT2D eigenvalue weighted by Gasteiger charge is -2.25. The molecule has 1 aliphatic carbocycles. The number of carbonyl (C=O) groups excluding carboxylic acids is 1. The lowest BCUT2D eigenvalue weighted by atomic mass is 9.78. The highest BCUT2D eigenvalue weighted by atomic mass is 16.1. The molecule has 0 heterocycles. The molecule has 1 heteroatoms. The molecule has 1 aromatic rings. The van der Waals surface area contributed by atoms with Crippen molar-refractivity contribution in [3.05, 3.63) is 34.9 Å². The zero-order valence-electron chi connectivity index (χ0n) is 12.5. The Kier molecular flexibility index (Phi) is 4.79. The molecule has 104 valence electrons. The van der Waals surface area contributed by atoms with E-state index < -0.39 is 0 Å². The molecule has 19 heavy (non-hydrogen) atoms. The molecular formula is C18H26O. The first kappa shape index (κ1) is 14.3. The van der Waals surface area contributed by atoms with Gasteiger partial charge < -0.3 is 0 Å². The molecule has 0 amide bonds. The highest BCUT2D eigenvalue weighted by molar-refractivity contribution is 5.99. The number of ketones is 1. The second kappa shape index (κ2) is 6.36. The Balaban J connectivity index is 2.22. The van der Waals surface area contributed by atoms with Crippen molar-refractivity contribution in [2.24, 2.45) is 11.8 Å². The number of rotatable bonds is 4. The third-order valence-electron chi connectivity index (χ3n) is 4.62. The van der Waals surface area contributed by atoms with Gasteiger partial charge in [0.15, 0.2) is 5.78 Å². The topological polar surface area (TPSA) is 17.1 Å². The van der Waals surface area contributed by atoms with Crippen molar-refractivity contribution in [2.75, 3.05) is 0 Å². The summed E-state index contributed by atoms with van der Waals surface area (Å²) in [6, 6.07) is 6.45. The van der Waals surface area contributed by atoms with E-state index in [-0.39, 0.29) is 5.92 Å². The normalized spacial score (nSPS) is 23.3. The summed E-state index contributed by atoms with van der Waals surface area (Å²) >= 11 is 0. The van der Waals surface area contributed by atoms with Gasteiger partial charge in [-0.05, 0) is 48.8 Å². The summed E-state index contributed by atoms with van der Waals surface area (Å²) in [6.45, 7) is 6.59. The Bertz CT molecular complexity index is 439. The first-order valence-corrected chi connectivity index (χ1v) is 7.81. The molecule has 0 aromatic heterocycles. The van der Waals surface area contributed by atoms with E-state index in [1.165, 1.54) is 24.0 Å². The lowest BCUT2D eigenvalue weighted by molar-refractivity contribution is 0.0874. The van der Waals surface area contributed by atoms with E-state index in [0.717, 1.165) is 37.2 Å². The number of hydrogen-bond donors (Lipinski definition) is 0. The fraction of sp³-hybridized carbons (Fsp3) is 0.611. The summed E-state index contributed by atoms with van der Waals surface area (Å²) in [5.41, 5.74) is 3.51. The molecule has 1 aromatic carbocycles. The first-order chi connectivity index (χ1) is 9.15. The van der Waals surface area contributed by atoms with Gasteiger partial charge in [0.2, 0.25) is 0 Å². The Hall–Kier alpha value is -1.11. The molecule has 0 aliphatic heterocycles. The van der Waals surface area contributed by atoms with Crippen molar-refractivity contribution in [3.63, 3.8) is 0 Å². The van der Waals surface area contributed by atoms with Crippen LogP contribution in [0, 0.1) is 11.8 Å². The predicted molar refractivity (Wildman–Crippen MR) is 80.7 cm³/mol. The molecule has 1 saturated carbocycles. The van der Waals surface area contributed by atoms with E-state index in [1.807, 2.05) is 0 Å². The molecule has 2 rings (SSSR count). The van der Waals surface area contributed by atoms with Gasteiger partial charge in [-0.2, -0.15) is 0 Å². The van der Waals surface area contributed by atoms with E-state index >= 15 is 0 Å². The van der Waals surface area contributed by atoms with E-state index in [4.69, 9.17) is 0 Å². The van der Waals surface area contributed by atoms with Crippen molar-refractivity contribution in [2.45, 2.75) is 59.3 Å². The second-order valence-corrected chi connectivity index (χ2v) is 6.02. The Morgan fingerprint density at radius 2 is 1.79 bits per heavy atom. The van der Waals surface area contributed by atoms with Crippen LogP contribution in [0.15, 0.2) is 18.2 Å². The lowest BCUT2D eigenvalue weighted by Crippen LogP contribution is -2.22. The van der Waals surface area contributed by atoms with Crippen LogP contribution in [-0.4, -0.2) is 5.78 Å². The van der Waals surface area contributed by atoms with Gasteiger partial charge in [0.25, 0.3) is 0 Å². The number of hydrogen-bond acceptors (Lipinski definition) is 1. The minimum absolute atomic E-state index is 0.272. The van der Waals surface area contributed by atoms with E-state index in [9.17, 15) is 4.79 Å². The van der Waals surface area contributed by atoms with Gasteiger partial charge in [-0.15, -0.1) is 0 Å². The Morgan fingerprint density at radius 1 is 1.11 bits per heavy atom. The Morgan fingerprint density at radius 3 is 2.37 bits per heavy atom. The van der Waals surface area contributed by atoms with Crippen LogP contribution < -0.4 is 0 Å². The Labute approximate surface area is 117 Å². The summed E-state index contributed by atoms with van der Waals surface area (Å²) in [5, 5.41) is 0. The van der Waals surface area contributed by atoms with Crippen molar-refractivity contribution >= 4 is 5.78 Å². The van der Waals surface area contributed by atoms with Gasteiger partial charge in [0.05, 0.1) is 0 Å². The van der Waals surface area contributed by atoms with Crippen molar-refractivity contribution in [1.82, 2.24) is 0 Å². The van der Waals surface area contributed by atoms with Gasteiger partial charge in [0.1, 0.15) is 0 Å². The largest absolute Gasteiger partial charge is 0.294 e. The molecule has 1 fully saturated rings. The molecule has 0 bridgehead atoms. The molecule has 0 N–H and O–H groups in total. The maximum Gasteiger partial charge on any atom is 0.166 e. The zero-order valence-corrected chi connectivity index (χ0v) is 12.5. The molecule has 0 atom stereocenters. The van der Waals surface area contributed by atoms with Crippen LogP contribution >= 0.6 is 0 Å². The molecule has 1 aliphatic rings. The van der Waals surface area contributed by atoms with Gasteiger partial charge in [-0.25, -0.2) is 0 Å². The smallest absolute Gasteiger partial charge is 0.166 e. The van der Waals surface area contributed by atoms with Crippen LogP contribution in [0.4, 0.5) is 0 Å². The van der Waals surface area contributed by atoms with Gasteiger partial charge in [-0.1, -0.05) is 45.7 Å². The summed E-state index contributed by atoms with van der Waals surface area (Å²) < 4.78 is 0. The highest BCUT2D eigenvalue weighted by Crippen LogP contribution is 2.31. The minimum atomic E-state index is 0.272. The van der Waals surface area contributed by atoms with Crippen LogP contribution in [0.2, 0.25) is 0 Å². The van der Waals surface area contributed by atoms with Gasteiger partial charge >= 0.3 is 0 Å². The predicted octanol–water partition coefficient (Wildman–Crippen LogP) is 4.82. The quantitative estimate of drug-likeness (QED) is 0.708. The monoisotopic (exact) mass is 258 g/mol. The van der Waals surface area contributed by atoms with Crippen molar-refractivity contribution < 1.29 is 4.79 Å². The first-order valence-electron chi connectivity index (χ1n) is 7.81. The van der Waals surface area contributed by atoms with E-state index in [0.29, 0.717) is 5.78 Å². The van der Waals surface area contributed by atoms with Gasteiger partial charge in [-0.3, -0.25) is 4.79 Å². The van der Waals surface area contributed by atoms with Crippen LogP contribution in [0.25, 0.3) is 0 Å². The fourth-order valence-electron chi connectivity index (χ4n) is 3.12. The van der Waals surface area contributed by atoms with E-state index in [2.05, 4.69) is 39.0 Å². The number of aryl methyl sites for hydroxylation is 2. The molecule has 0 radical (unpaired) electrons. The number of carbonyl (C=O) groups is 1. The summed E-state index contributed by atoms with van der Waals surface area (Å²) in [7, 11) is 0. The maximum absolute atomic E-state index is 12.8. The van der Waals surface area contributed by atoms with Crippen LogP contribution in [0.1, 0.15) is 67.9 Å². The SMILES string of the molecule is CCc1ccc(CC)c(C(=O)C2CCC(C)CC2)c1. The molecular weight excluding hydrogens is 232 g/mol. The van der Waals surface area contributed by atoms with Crippen LogP contribution in [0.3, 0.4) is 0 Å². The summed E-state index contributed by atoms with van der Waals surface area (Å²) in [6.07, 6.45) is 6.55. The highest BCUT2D eigenvalue weighted by Gasteiger charge is 2.26. The second-order valence-electron chi connectivity index (χ2n) is 6.02. The zero-order chi connectivity index (χ0) is 13.8. The molecule has 0 spiro atoms. The van der Waals surface area contributed by atoms with Gasteiger partial charge in [0, 0.05) is 11.5 Å². The van der Waals surface area contributed by atoms with E-state index in [1.54, 1.807) is 0 Å². The molecule has 1 nitrogen and oxygen atoms in total. The number of Topliss-reactive ketones (excluding diaryl/α,β-unsaturated/α-hetero) is 1. The average molecular weight is 258 g/mol. The molecule has 0 saturated heterocycles. The minimum Gasteiger partial charge on any atom is -0.294 e. The summed E-state index contributed by atoms with van der Waals surface area (Å²) in [4.78, 5) is 12.8. The summed E-state index contributed by atoms with van der Waals surface area (Å²) in [5.74, 6) is 1.48. The van der Waals surface area contributed by atoms with Crippen molar-refractivity contribution in [3.8, 4) is 0 Å². The molecule has 0 unspecified atom stereocenters. The number of benzene rings is 1. The standard InChI is InChI=1S/C18H26O/c1-4-14-8-11-15(5-2)17(12-14)18(19)16-9-6-13(3)7-10-16/h8,11-13,16H,4-7,9-10H2,1-3H3. The van der Waals surface area contributed by atoms with Crippen LogP contribution in [-0.2, 0) is 12.8 Å². The third-order valence-corrected chi connectivity index (χ3v) is 4.62. The van der Waals surface area contributed by atoms with Crippen LogP contribution in [0.5, 0.6) is 0 Å². The maximum atomic E-state index is 12.8. The average Bonchev–Trinajstić information content (AvgIpc) is 2.46. The third kappa shape index (κ3) is 3.26.